The Kier molecular flexibility index (Phi) is 5.25. The number of aromatic carboxylic acids is 1. The zero-order chi connectivity index (χ0) is 17.6. The predicted octanol–water partition coefficient (Wildman–Crippen LogP) is 3.52. The monoisotopic (exact) mass is 352 g/mol. The smallest absolute Gasteiger partial charge is 0.335 e. The summed E-state index contributed by atoms with van der Waals surface area (Å²) < 4.78 is 1.99. The van der Waals surface area contributed by atoms with E-state index < -0.39 is 5.97 Å². The molecule has 2 aromatic heterocycles. The van der Waals surface area contributed by atoms with Crippen LogP contribution < -0.4 is 0 Å². The average molecular weight is 352 g/mol. The standard InChI is InChI=1S/C18H16N4O2S/c1-2-10-22-16(15-4-3-9-19-11-15)20-21-18(22)25-12-13-5-7-14(8-6-13)17(23)24/h2-9,11H,1,10,12H2,(H,23,24). The number of pyridine rings is 1. The molecule has 1 aromatic carbocycles. The summed E-state index contributed by atoms with van der Waals surface area (Å²) in [5, 5.41) is 18.3. The second-order valence-corrected chi connectivity index (χ2v) is 6.18. The van der Waals surface area contributed by atoms with Crippen molar-refractivity contribution in [2.45, 2.75) is 17.5 Å². The van der Waals surface area contributed by atoms with Crippen LogP contribution in [0.2, 0.25) is 0 Å². The van der Waals surface area contributed by atoms with Gasteiger partial charge in [-0.2, -0.15) is 0 Å². The Morgan fingerprint density at radius 2 is 2.04 bits per heavy atom. The molecule has 0 fully saturated rings. The summed E-state index contributed by atoms with van der Waals surface area (Å²) in [7, 11) is 0. The molecule has 25 heavy (non-hydrogen) atoms. The molecule has 0 aliphatic carbocycles. The van der Waals surface area contributed by atoms with Crippen molar-refractivity contribution in [3.8, 4) is 11.4 Å². The van der Waals surface area contributed by atoms with Gasteiger partial charge in [0.05, 0.1) is 5.56 Å². The topological polar surface area (TPSA) is 80.9 Å². The molecule has 7 heteroatoms. The van der Waals surface area contributed by atoms with Crippen molar-refractivity contribution < 1.29 is 9.90 Å². The minimum absolute atomic E-state index is 0.280. The fourth-order valence-electron chi connectivity index (χ4n) is 2.29. The third-order valence-electron chi connectivity index (χ3n) is 3.52. The molecular formula is C18H16N4O2S. The molecule has 126 valence electrons. The number of benzene rings is 1. The van der Waals surface area contributed by atoms with E-state index in [1.165, 1.54) is 0 Å². The largest absolute Gasteiger partial charge is 0.478 e. The van der Waals surface area contributed by atoms with Gasteiger partial charge in [0.2, 0.25) is 0 Å². The lowest BCUT2D eigenvalue weighted by molar-refractivity contribution is 0.0697. The molecular weight excluding hydrogens is 336 g/mol. The molecule has 3 aromatic rings. The zero-order valence-electron chi connectivity index (χ0n) is 13.4. The van der Waals surface area contributed by atoms with Crippen LogP contribution in [0.25, 0.3) is 11.4 Å². The molecule has 0 radical (unpaired) electrons. The van der Waals surface area contributed by atoms with E-state index in [9.17, 15) is 4.79 Å². The molecule has 0 spiro atoms. The van der Waals surface area contributed by atoms with Gasteiger partial charge in [-0.15, -0.1) is 16.8 Å². The maximum absolute atomic E-state index is 10.9. The molecule has 0 saturated heterocycles. The lowest BCUT2D eigenvalue weighted by Gasteiger charge is -2.07. The second kappa shape index (κ2) is 7.76. The third-order valence-corrected chi connectivity index (χ3v) is 4.55. The van der Waals surface area contributed by atoms with Gasteiger partial charge in [0.25, 0.3) is 0 Å². The molecule has 0 unspecified atom stereocenters. The van der Waals surface area contributed by atoms with Gasteiger partial charge >= 0.3 is 5.97 Å². The van der Waals surface area contributed by atoms with Gasteiger partial charge in [-0.1, -0.05) is 30.0 Å². The van der Waals surface area contributed by atoms with Crippen LogP contribution in [0.15, 0.2) is 66.6 Å². The Labute approximate surface area is 149 Å². The first kappa shape index (κ1) is 16.9. The summed E-state index contributed by atoms with van der Waals surface area (Å²) in [4.78, 5) is 15.0. The van der Waals surface area contributed by atoms with E-state index in [0.717, 1.165) is 22.1 Å². The van der Waals surface area contributed by atoms with Gasteiger partial charge in [0.1, 0.15) is 0 Å². The van der Waals surface area contributed by atoms with Crippen molar-refractivity contribution in [1.82, 2.24) is 19.7 Å². The maximum atomic E-state index is 10.9. The van der Waals surface area contributed by atoms with Gasteiger partial charge < -0.3 is 5.11 Å². The number of hydrogen-bond acceptors (Lipinski definition) is 5. The van der Waals surface area contributed by atoms with Crippen molar-refractivity contribution in [3.05, 3.63) is 72.6 Å². The van der Waals surface area contributed by atoms with Crippen molar-refractivity contribution in [3.63, 3.8) is 0 Å². The van der Waals surface area contributed by atoms with E-state index in [4.69, 9.17) is 5.11 Å². The number of allylic oxidation sites excluding steroid dienone is 1. The molecule has 0 saturated carbocycles. The fourth-order valence-corrected chi connectivity index (χ4v) is 3.19. The van der Waals surface area contributed by atoms with Crippen molar-refractivity contribution >= 4 is 17.7 Å². The van der Waals surface area contributed by atoms with E-state index in [1.807, 2.05) is 28.8 Å². The Morgan fingerprint density at radius 3 is 2.68 bits per heavy atom. The molecule has 0 bridgehead atoms. The van der Waals surface area contributed by atoms with Gasteiger partial charge in [0, 0.05) is 30.3 Å². The summed E-state index contributed by atoms with van der Waals surface area (Å²) >= 11 is 1.54. The number of hydrogen-bond donors (Lipinski definition) is 1. The van der Waals surface area contributed by atoms with Gasteiger partial charge in [0.15, 0.2) is 11.0 Å². The molecule has 6 nitrogen and oxygen atoms in total. The van der Waals surface area contributed by atoms with Crippen LogP contribution in [0, 0.1) is 0 Å². The first-order chi connectivity index (χ1) is 12.2. The number of carbonyl (C=O) groups is 1. The Hall–Kier alpha value is -2.93. The Balaban J connectivity index is 1.79. The highest BCUT2D eigenvalue weighted by Crippen LogP contribution is 2.26. The second-order valence-electron chi connectivity index (χ2n) is 5.24. The fraction of sp³-hybridized carbons (Fsp3) is 0.111. The molecule has 0 aliphatic heterocycles. The third kappa shape index (κ3) is 3.95. The van der Waals surface area contributed by atoms with Crippen LogP contribution in [0.4, 0.5) is 0 Å². The normalized spacial score (nSPS) is 10.6. The molecule has 1 N–H and O–H groups in total. The summed E-state index contributed by atoms with van der Waals surface area (Å²) in [6, 6.07) is 10.6. The molecule has 3 rings (SSSR count). The first-order valence-corrected chi connectivity index (χ1v) is 8.57. The van der Waals surface area contributed by atoms with Gasteiger partial charge in [-0.3, -0.25) is 9.55 Å². The van der Waals surface area contributed by atoms with Crippen molar-refractivity contribution in [2.24, 2.45) is 0 Å². The summed E-state index contributed by atoms with van der Waals surface area (Å²) in [6.07, 6.45) is 5.27. The van der Waals surface area contributed by atoms with E-state index >= 15 is 0 Å². The minimum Gasteiger partial charge on any atom is -0.478 e. The molecule has 0 atom stereocenters. The summed E-state index contributed by atoms with van der Waals surface area (Å²) in [5.41, 5.74) is 2.20. The predicted molar refractivity (Wildman–Crippen MR) is 96.4 cm³/mol. The average Bonchev–Trinajstić information content (AvgIpc) is 3.04. The molecule has 2 heterocycles. The highest BCUT2D eigenvalue weighted by atomic mass is 32.2. The number of nitrogens with zero attached hydrogens (tertiary/aromatic N) is 4. The van der Waals surface area contributed by atoms with E-state index in [1.54, 1.807) is 42.4 Å². The van der Waals surface area contributed by atoms with Crippen LogP contribution in [-0.4, -0.2) is 30.8 Å². The SMILES string of the molecule is C=CCn1c(SCc2ccc(C(=O)O)cc2)nnc1-c1cccnc1. The number of thioether (sulfide) groups is 1. The van der Waals surface area contributed by atoms with E-state index in [0.29, 0.717) is 12.3 Å². The van der Waals surface area contributed by atoms with Crippen LogP contribution >= 0.6 is 11.8 Å². The molecule has 0 amide bonds. The lowest BCUT2D eigenvalue weighted by Crippen LogP contribution is -2.01. The maximum Gasteiger partial charge on any atom is 0.335 e. The summed E-state index contributed by atoms with van der Waals surface area (Å²) in [5.74, 6) is 0.491. The van der Waals surface area contributed by atoms with Crippen LogP contribution in [0.3, 0.4) is 0 Å². The minimum atomic E-state index is -0.925. The number of aromatic nitrogens is 4. The van der Waals surface area contributed by atoms with Crippen molar-refractivity contribution in [1.29, 1.82) is 0 Å². The van der Waals surface area contributed by atoms with Gasteiger partial charge in [-0.25, -0.2) is 4.79 Å². The number of carboxylic acids is 1. The highest BCUT2D eigenvalue weighted by molar-refractivity contribution is 7.98. The lowest BCUT2D eigenvalue weighted by atomic mass is 10.1. The number of rotatable bonds is 7. The van der Waals surface area contributed by atoms with Crippen LogP contribution in [0.5, 0.6) is 0 Å². The van der Waals surface area contributed by atoms with Crippen LogP contribution in [-0.2, 0) is 12.3 Å². The Morgan fingerprint density at radius 1 is 1.24 bits per heavy atom. The van der Waals surface area contributed by atoms with Gasteiger partial charge in [-0.05, 0) is 29.8 Å². The number of carboxylic acid groups (broad SMARTS) is 1. The highest BCUT2D eigenvalue weighted by Gasteiger charge is 2.13. The van der Waals surface area contributed by atoms with Crippen molar-refractivity contribution in [2.75, 3.05) is 0 Å². The zero-order valence-corrected chi connectivity index (χ0v) is 14.2. The first-order valence-electron chi connectivity index (χ1n) is 7.58. The summed E-state index contributed by atoms with van der Waals surface area (Å²) in [6.45, 7) is 4.39. The molecule has 0 aliphatic rings. The Bertz CT molecular complexity index is 876. The van der Waals surface area contributed by atoms with Crippen LogP contribution in [0.1, 0.15) is 15.9 Å². The van der Waals surface area contributed by atoms with E-state index in [-0.39, 0.29) is 5.56 Å². The van der Waals surface area contributed by atoms with E-state index in [2.05, 4.69) is 21.8 Å². The quantitative estimate of drug-likeness (QED) is 0.518.